The maximum Gasteiger partial charge on any atom is 0.338 e. The molecule has 0 amide bonds. The van der Waals surface area contributed by atoms with E-state index in [-0.39, 0.29) is 16.5 Å². The van der Waals surface area contributed by atoms with Gasteiger partial charge in [-0.15, -0.1) is 0 Å². The van der Waals surface area contributed by atoms with Crippen LogP contribution in [0.1, 0.15) is 40.4 Å². The fourth-order valence-electron chi connectivity index (χ4n) is 3.72. The topological polar surface area (TPSA) is 66.9 Å². The van der Waals surface area contributed by atoms with E-state index in [0.717, 1.165) is 24.1 Å². The number of ether oxygens (including phenoxy) is 1. The van der Waals surface area contributed by atoms with Crippen molar-refractivity contribution in [2.45, 2.75) is 30.7 Å². The maximum absolute atomic E-state index is 13.5. The summed E-state index contributed by atoms with van der Waals surface area (Å²) in [6, 6.07) is 12.5. The van der Waals surface area contributed by atoms with Crippen molar-refractivity contribution >= 4 is 21.7 Å². The molecule has 1 atom stereocenters. The third-order valence-corrected chi connectivity index (χ3v) is 7.30. The number of esters is 1. The number of carbonyl (C=O) groups excluding carboxylic acids is 1. The number of nitrogens with zero attached hydrogens (tertiary/aromatic N) is 2. The lowest BCUT2D eigenvalue weighted by atomic mass is 10.0. The first kappa shape index (κ1) is 20.4. The lowest BCUT2D eigenvalue weighted by Crippen LogP contribution is -2.31. The lowest BCUT2D eigenvalue weighted by Gasteiger charge is -2.26. The molecule has 150 valence electrons. The van der Waals surface area contributed by atoms with Gasteiger partial charge >= 0.3 is 5.97 Å². The van der Waals surface area contributed by atoms with Crippen molar-refractivity contribution in [3.05, 3.63) is 59.2 Å². The minimum Gasteiger partial charge on any atom is -0.465 e. The Hall–Kier alpha value is -2.38. The number of benzene rings is 2. The van der Waals surface area contributed by atoms with E-state index < -0.39 is 16.0 Å². The van der Waals surface area contributed by atoms with Crippen LogP contribution in [-0.4, -0.2) is 46.4 Å². The van der Waals surface area contributed by atoms with E-state index in [1.54, 1.807) is 29.4 Å². The molecule has 0 N–H and O–H groups in total. The van der Waals surface area contributed by atoms with Crippen LogP contribution in [-0.2, 0) is 14.8 Å². The van der Waals surface area contributed by atoms with Gasteiger partial charge in [0.1, 0.15) is 0 Å². The van der Waals surface area contributed by atoms with E-state index in [1.807, 2.05) is 43.3 Å². The minimum absolute atomic E-state index is 0.158. The summed E-state index contributed by atoms with van der Waals surface area (Å²) in [6.07, 6.45) is 1.57. The summed E-state index contributed by atoms with van der Waals surface area (Å²) >= 11 is 0. The summed E-state index contributed by atoms with van der Waals surface area (Å²) in [6.45, 7) is 2.11. The summed E-state index contributed by atoms with van der Waals surface area (Å²) in [5.74, 6) is -0.536. The molecule has 0 saturated carbocycles. The first-order chi connectivity index (χ1) is 13.3. The quantitative estimate of drug-likeness (QED) is 0.718. The van der Waals surface area contributed by atoms with Crippen molar-refractivity contribution in [1.82, 2.24) is 4.31 Å². The molecular weight excluding hydrogens is 376 g/mol. The first-order valence-corrected chi connectivity index (χ1v) is 10.7. The molecule has 0 aliphatic carbocycles. The Morgan fingerprint density at radius 2 is 1.89 bits per heavy atom. The predicted octanol–water partition coefficient (Wildman–Crippen LogP) is 3.37. The molecule has 6 nitrogen and oxygen atoms in total. The number of hydrogen-bond acceptors (Lipinski definition) is 5. The largest absolute Gasteiger partial charge is 0.465 e. The summed E-state index contributed by atoms with van der Waals surface area (Å²) in [7, 11) is 1.46. The van der Waals surface area contributed by atoms with E-state index >= 15 is 0 Å². The zero-order valence-electron chi connectivity index (χ0n) is 16.7. The highest BCUT2D eigenvalue weighted by Crippen LogP contribution is 2.38. The summed E-state index contributed by atoms with van der Waals surface area (Å²) in [5.41, 5.74) is 2.70. The van der Waals surface area contributed by atoms with Crippen LogP contribution >= 0.6 is 0 Å². The summed E-state index contributed by atoms with van der Waals surface area (Å²) in [4.78, 5) is 14.1. The predicted molar refractivity (Wildman–Crippen MR) is 109 cm³/mol. The van der Waals surface area contributed by atoms with E-state index in [9.17, 15) is 13.2 Å². The van der Waals surface area contributed by atoms with Gasteiger partial charge in [0.15, 0.2) is 0 Å². The van der Waals surface area contributed by atoms with E-state index in [1.165, 1.54) is 7.11 Å². The Balaban J connectivity index is 2.02. The van der Waals surface area contributed by atoms with Gasteiger partial charge < -0.3 is 9.64 Å². The molecule has 0 aromatic heterocycles. The molecule has 1 heterocycles. The molecule has 0 radical (unpaired) electrons. The molecule has 7 heteroatoms. The molecule has 2 aromatic rings. The van der Waals surface area contributed by atoms with Crippen LogP contribution in [0.4, 0.5) is 5.69 Å². The zero-order chi connectivity index (χ0) is 20.5. The van der Waals surface area contributed by atoms with Crippen LogP contribution in [0.3, 0.4) is 0 Å². The SMILES string of the molecule is COC(=O)c1cccc(S(=O)(=O)N2CCCC2c2cccc(N(C)C)c2)c1C. The number of sulfonamides is 1. The van der Waals surface area contributed by atoms with Crippen LogP contribution in [0.2, 0.25) is 0 Å². The molecular formula is C21H26N2O4S. The maximum atomic E-state index is 13.5. The number of rotatable bonds is 5. The minimum atomic E-state index is -3.75. The van der Waals surface area contributed by atoms with Crippen molar-refractivity contribution < 1.29 is 17.9 Å². The van der Waals surface area contributed by atoms with Gasteiger partial charge in [0.2, 0.25) is 10.0 Å². The van der Waals surface area contributed by atoms with Gasteiger partial charge in [-0.05, 0) is 55.2 Å². The molecule has 1 saturated heterocycles. The van der Waals surface area contributed by atoms with Gasteiger partial charge in [-0.25, -0.2) is 13.2 Å². The average molecular weight is 403 g/mol. The second-order valence-corrected chi connectivity index (χ2v) is 9.04. The van der Waals surface area contributed by atoms with E-state index in [0.29, 0.717) is 12.1 Å². The summed E-state index contributed by atoms with van der Waals surface area (Å²) in [5, 5.41) is 0. The van der Waals surface area contributed by atoms with Crippen molar-refractivity contribution in [3.63, 3.8) is 0 Å². The van der Waals surface area contributed by atoms with Crippen molar-refractivity contribution in [2.75, 3.05) is 32.6 Å². The van der Waals surface area contributed by atoms with Crippen molar-refractivity contribution in [2.24, 2.45) is 0 Å². The van der Waals surface area contributed by atoms with E-state index in [2.05, 4.69) is 0 Å². The standard InChI is InChI=1S/C21H26N2O4S/c1-15-18(21(24)27-4)10-6-12-20(15)28(25,26)23-13-7-11-19(23)16-8-5-9-17(14-16)22(2)3/h5-6,8-10,12,14,19H,7,11,13H2,1-4H3. The highest BCUT2D eigenvalue weighted by Gasteiger charge is 2.37. The number of anilines is 1. The van der Waals surface area contributed by atoms with E-state index in [4.69, 9.17) is 4.74 Å². The molecule has 0 bridgehead atoms. The average Bonchev–Trinajstić information content (AvgIpc) is 3.18. The van der Waals surface area contributed by atoms with Crippen LogP contribution in [0.5, 0.6) is 0 Å². The van der Waals surface area contributed by atoms with Crippen molar-refractivity contribution in [1.29, 1.82) is 0 Å². The summed E-state index contributed by atoms with van der Waals surface area (Å²) < 4.78 is 33.3. The van der Waals surface area contributed by atoms with Crippen LogP contribution < -0.4 is 4.90 Å². The van der Waals surface area contributed by atoms with Crippen LogP contribution in [0.25, 0.3) is 0 Å². The van der Waals surface area contributed by atoms with Gasteiger partial charge in [-0.2, -0.15) is 4.31 Å². The molecule has 3 rings (SSSR count). The van der Waals surface area contributed by atoms with Gasteiger partial charge in [0.25, 0.3) is 0 Å². The van der Waals surface area contributed by atoms with Gasteiger partial charge in [-0.3, -0.25) is 0 Å². The second kappa shape index (κ2) is 7.93. The molecule has 0 spiro atoms. The van der Waals surface area contributed by atoms with Crippen LogP contribution in [0, 0.1) is 6.92 Å². The van der Waals surface area contributed by atoms with Gasteiger partial charge in [0, 0.05) is 26.3 Å². The Bertz CT molecular complexity index is 986. The Kier molecular flexibility index (Phi) is 5.76. The molecule has 2 aromatic carbocycles. The lowest BCUT2D eigenvalue weighted by molar-refractivity contribution is 0.0599. The fraction of sp³-hybridized carbons (Fsp3) is 0.381. The molecule has 1 unspecified atom stereocenters. The normalized spacial score (nSPS) is 17.5. The number of carbonyl (C=O) groups is 1. The fourth-order valence-corrected chi connectivity index (χ4v) is 5.65. The number of methoxy groups -OCH3 is 1. The number of hydrogen-bond donors (Lipinski definition) is 0. The second-order valence-electron chi connectivity index (χ2n) is 7.18. The third kappa shape index (κ3) is 3.64. The Labute approximate surface area is 166 Å². The Morgan fingerprint density at radius 1 is 1.18 bits per heavy atom. The first-order valence-electron chi connectivity index (χ1n) is 9.24. The monoisotopic (exact) mass is 402 g/mol. The van der Waals surface area contributed by atoms with Crippen LogP contribution in [0.15, 0.2) is 47.4 Å². The smallest absolute Gasteiger partial charge is 0.338 e. The zero-order valence-corrected chi connectivity index (χ0v) is 17.5. The molecule has 1 fully saturated rings. The van der Waals surface area contributed by atoms with Gasteiger partial charge in [-0.1, -0.05) is 18.2 Å². The molecule has 1 aliphatic rings. The van der Waals surface area contributed by atoms with Crippen molar-refractivity contribution in [3.8, 4) is 0 Å². The van der Waals surface area contributed by atoms with Gasteiger partial charge in [0.05, 0.1) is 23.6 Å². The Morgan fingerprint density at radius 3 is 2.57 bits per heavy atom. The highest BCUT2D eigenvalue weighted by molar-refractivity contribution is 7.89. The highest BCUT2D eigenvalue weighted by atomic mass is 32.2. The molecule has 28 heavy (non-hydrogen) atoms. The molecule has 1 aliphatic heterocycles. The third-order valence-electron chi connectivity index (χ3n) is 5.25.